The highest BCUT2D eigenvalue weighted by Crippen LogP contribution is 2.35. The van der Waals surface area contributed by atoms with E-state index in [1.807, 2.05) is 6.92 Å². The van der Waals surface area contributed by atoms with Gasteiger partial charge in [-0.1, -0.05) is 18.5 Å². The maximum Gasteiger partial charge on any atom is 0.407 e. The number of rotatable bonds is 9. The smallest absolute Gasteiger partial charge is 0.407 e. The van der Waals surface area contributed by atoms with Crippen LogP contribution in [0.2, 0.25) is 5.02 Å². The number of nitrogens with zero attached hydrogens (tertiary/aromatic N) is 1. The molecule has 1 amide bonds. The van der Waals surface area contributed by atoms with Crippen molar-refractivity contribution in [3.05, 3.63) is 17.2 Å². The summed E-state index contributed by atoms with van der Waals surface area (Å²) < 4.78 is 10.5. The summed E-state index contributed by atoms with van der Waals surface area (Å²) >= 11 is 11.3. The molecule has 0 radical (unpaired) electrons. The fourth-order valence-electron chi connectivity index (χ4n) is 2.17. The molecule has 0 aliphatic rings. The van der Waals surface area contributed by atoms with Crippen molar-refractivity contribution >= 4 is 40.7 Å². The molecule has 0 aromatic heterocycles. The quantitative estimate of drug-likeness (QED) is 0.441. The fraction of sp³-hybridized carbons (Fsp3) is 0.500. The lowest BCUT2D eigenvalue weighted by atomic mass is 10.2. The summed E-state index contributed by atoms with van der Waals surface area (Å²) in [6, 6.07) is 3.34. The lowest BCUT2D eigenvalue weighted by molar-refractivity contribution is 0.145. The Morgan fingerprint density at radius 3 is 2.52 bits per heavy atom. The van der Waals surface area contributed by atoms with Crippen LogP contribution in [0.3, 0.4) is 0 Å². The fourth-order valence-corrected chi connectivity index (χ4v) is 2.61. The predicted molar refractivity (Wildman–Crippen MR) is 103 cm³/mol. The molecule has 0 aliphatic heterocycles. The van der Waals surface area contributed by atoms with Crippen LogP contribution >= 0.6 is 23.8 Å². The topological polar surface area (TPSA) is 83.1 Å². The Morgan fingerprint density at radius 2 is 1.96 bits per heavy atom. The van der Waals surface area contributed by atoms with Gasteiger partial charge in [-0.3, -0.25) is 0 Å². The average molecular weight is 390 g/mol. The number of ether oxygens (including phenoxy) is 2. The first-order valence-corrected chi connectivity index (χ1v) is 8.65. The summed E-state index contributed by atoms with van der Waals surface area (Å²) in [5, 5.41) is 16.0. The van der Waals surface area contributed by atoms with Gasteiger partial charge in [0.05, 0.1) is 24.9 Å². The number of halogens is 1. The number of anilines is 1. The van der Waals surface area contributed by atoms with Gasteiger partial charge in [0.1, 0.15) is 11.5 Å². The Hall–Kier alpha value is -1.93. The molecule has 1 aromatic rings. The highest BCUT2D eigenvalue weighted by molar-refractivity contribution is 7.80. The molecular formula is C16H24ClN3O4S. The summed E-state index contributed by atoms with van der Waals surface area (Å²) in [7, 11) is 3.06. The average Bonchev–Trinajstić information content (AvgIpc) is 2.58. The molecule has 0 unspecified atom stereocenters. The van der Waals surface area contributed by atoms with E-state index in [1.54, 1.807) is 12.1 Å². The number of amides is 1. The molecule has 0 atom stereocenters. The largest absolute Gasteiger partial charge is 0.495 e. The minimum absolute atomic E-state index is 0.403. The summed E-state index contributed by atoms with van der Waals surface area (Å²) in [6.45, 7) is 3.48. The minimum Gasteiger partial charge on any atom is -0.495 e. The second-order valence-corrected chi connectivity index (χ2v) is 6.01. The molecular weight excluding hydrogens is 366 g/mol. The van der Waals surface area contributed by atoms with E-state index in [0.717, 1.165) is 6.42 Å². The molecule has 3 N–H and O–H groups in total. The van der Waals surface area contributed by atoms with Crippen LogP contribution in [0.5, 0.6) is 11.5 Å². The molecule has 7 nitrogen and oxygen atoms in total. The zero-order valence-electron chi connectivity index (χ0n) is 14.6. The molecule has 0 spiro atoms. The first kappa shape index (κ1) is 21.1. The summed E-state index contributed by atoms with van der Waals surface area (Å²) in [4.78, 5) is 12.4. The number of hydrogen-bond acceptors (Lipinski definition) is 4. The number of hydrogen-bond donors (Lipinski definition) is 3. The third-order valence-corrected chi connectivity index (χ3v) is 3.92. The van der Waals surface area contributed by atoms with Crippen LogP contribution in [0.1, 0.15) is 19.8 Å². The molecule has 140 valence electrons. The van der Waals surface area contributed by atoms with Gasteiger partial charge in [-0.15, -0.1) is 0 Å². The Kier molecular flexibility index (Phi) is 9.15. The van der Waals surface area contributed by atoms with Gasteiger partial charge in [0.2, 0.25) is 0 Å². The lowest BCUT2D eigenvalue weighted by Gasteiger charge is -2.19. The number of carboxylic acid groups (broad SMARTS) is 1. The lowest BCUT2D eigenvalue weighted by Crippen LogP contribution is -2.35. The Bertz CT molecular complexity index is 601. The number of benzene rings is 1. The van der Waals surface area contributed by atoms with Crippen LogP contribution in [-0.2, 0) is 0 Å². The molecule has 25 heavy (non-hydrogen) atoms. The molecule has 0 saturated heterocycles. The third kappa shape index (κ3) is 6.83. The minimum atomic E-state index is -0.902. The van der Waals surface area contributed by atoms with E-state index in [4.69, 9.17) is 38.4 Å². The van der Waals surface area contributed by atoms with Crippen LogP contribution < -0.4 is 20.1 Å². The molecule has 0 heterocycles. The van der Waals surface area contributed by atoms with Crippen molar-refractivity contribution in [2.45, 2.75) is 19.8 Å². The van der Waals surface area contributed by atoms with Gasteiger partial charge in [-0.2, -0.15) is 0 Å². The molecule has 0 saturated carbocycles. The summed E-state index contributed by atoms with van der Waals surface area (Å²) in [6.07, 6.45) is 0.535. The standard InChI is InChI=1S/C16H24ClN3O4S/c1-4-7-20(16(21)22)8-5-6-18-15(25)19-12-10-13(23-2)11(17)9-14(12)24-3/h9-10H,4-8H2,1-3H3,(H,21,22)(H2,18,19,25). The maximum atomic E-state index is 11.0. The zero-order chi connectivity index (χ0) is 18.8. The summed E-state index contributed by atoms with van der Waals surface area (Å²) in [5.41, 5.74) is 0.624. The SMILES string of the molecule is CCCN(CCCNC(=S)Nc1cc(OC)c(Cl)cc1OC)C(=O)O. The first-order valence-electron chi connectivity index (χ1n) is 7.87. The monoisotopic (exact) mass is 389 g/mol. The maximum absolute atomic E-state index is 11.0. The van der Waals surface area contributed by atoms with E-state index < -0.39 is 6.09 Å². The van der Waals surface area contributed by atoms with Crippen molar-refractivity contribution in [3.63, 3.8) is 0 Å². The van der Waals surface area contributed by atoms with Gasteiger partial charge in [0.15, 0.2) is 5.11 Å². The van der Waals surface area contributed by atoms with E-state index in [1.165, 1.54) is 19.1 Å². The Balaban J connectivity index is 2.53. The highest BCUT2D eigenvalue weighted by atomic mass is 35.5. The molecule has 0 fully saturated rings. The second-order valence-electron chi connectivity index (χ2n) is 5.19. The van der Waals surface area contributed by atoms with Crippen LogP contribution in [0, 0.1) is 0 Å². The number of carbonyl (C=O) groups is 1. The van der Waals surface area contributed by atoms with Gasteiger partial charge < -0.3 is 30.1 Å². The first-order chi connectivity index (χ1) is 11.9. The normalized spacial score (nSPS) is 10.1. The predicted octanol–water partition coefficient (Wildman–Crippen LogP) is 3.42. The van der Waals surface area contributed by atoms with Crippen molar-refractivity contribution in [3.8, 4) is 11.5 Å². The molecule has 1 aromatic carbocycles. The van der Waals surface area contributed by atoms with E-state index in [9.17, 15) is 4.79 Å². The van der Waals surface area contributed by atoms with Crippen molar-refractivity contribution in [2.24, 2.45) is 0 Å². The van der Waals surface area contributed by atoms with Crippen LogP contribution in [-0.4, -0.2) is 55.1 Å². The van der Waals surface area contributed by atoms with E-state index in [0.29, 0.717) is 53.4 Å². The number of nitrogens with one attached hydrogen (secondary N) is 2. The number of thiocarbonyl (C=S) groups is 1. The summed E-state index contributed by atoms with van der Waals surface area (Å²) in [5.74, 6) is 1.04. The van der Waals surface area contributed by atoms with E-state index in [2.05, 4.69) is 10.6 Å². The zero-order valence-corrected chi connectivity index (χ0v) is 16.2. The molecule has 9 heteroatoms. The van der Waals surface area contributed by atoms with Crippen LogP contribution in [0.25, 0.3) is 0 Å². The van der Waals surface area contributed by atoms with Crippen molar-refractivity contribution in [1.82, 2.24) is 10.2 Å². The third-order valence-electron chi connectivity index (χ3n) is 3.38. The molecule has 1 rings (SSSR count). The number of methoxy groups -OCH3 is 2. The van der Waals surface area contributed by atoms with Gasteiger partial charge in [0, 0.05) is 31.8 Å². The van der Waals surface area contributed by atoms with Gasteiger partial charge in [0.25, 0.3) is 0 Å². The highest BCUT2D eigenvalue weighted by Gasteiger charge is 2.12. The van der Waals surface area contributed by atoms with Gasteiger partial charge in [-0.25, -0.2) is 4.79 Å². The Morgan fingerprint density at radius 1 is 1.28 bits per heavy atom. The van der Waals surface area contributed by atoms with Crippen molar-refractivity contribution in [1.29, 1.82) is 0 Å². The van der Waals surface area contributed by atoms with Crippen molar-refractivity contribution < 1.29 is 19.4 Å². The van der Waals surface area contributed by atoms with Crippen LogP contribution in [0.15, 0.2) is 12.1 Å². The molecule has 0 aliphatic carbocycles. The Labute approximate surface area is 158 Å². The van der Waals surface area contributed by atoms with E-state index in [-0.39, 0.29) is 0 Å². The van der Waals surface area contributed by atoms with Crippen molar-refractivity contribution in [2.75, 3.05) is 39.2 Å². The second kappa shape index (κ2) is 10.8. The van der Waals surface area contributed by atoms with Gasteiger partial charge in [-0.05, 0) is 25.1 Å². The van der Waals surface area contributed by atoms with Gasteiger partial charge >= 0.3 is 6.09 Å². The van der Waals surface area contributed by atoms with Crippen LogP contribution in [0.4, 0.5) is 10.5 Å². The van der Waals surface area contributed by atoms with E-state index >= 15 is 0 Å². The molecule has 0 bridgehead atoms.